The molecule has 0 radical (unpaired) electrons. The molecular formula is C28H37F5N6O3. The third-order valence-corrected chi connectivity index (χ3v) is 7.27. The van der Waals surface area contributed by atoms with Gasteiger partial charge in [0.05, 0.1) is 18.7 Å². The van der Waals surface area contributed by atoms with Crippen molar-refractivity contribution in [2.45, 2.75) is 102 Å². The summed E-state index contributed by atoms with van der Waals surface area (Å²) in [5, 5.41) is 6.90. The molecule has 1 saturated heterocycles. The van der Waals surface area contributed by atoms with E-state index in [4.69, 9.17) is 4.74 Å². The number of piperidine rings is 1. The molecule has 42 heavy (non-hydrogen) atoms. The van der Waals surface area contributed by atoms with E-state index in [0.29, 0.717) is 25.8 Å². The third kappa shape index (κ3) is 8.45. The van der Waals surface area contributed by atoms with E-state index in [1.807, 2.05) is 0 Å². The number of likely N-dealkylation sites (tertiary alicyclic amines) is 1. The first-order valence-corrected chi connectivity index (χ1v) is 14.2. The van der Waals surface area contributed by atoms with Gasteiger partial charge in [-0.15, -0.1) is 5.10 Å². The Morgan fingerprint density at radius 2 is 1.88 bits per heavy atom. The second kappa shape index (κ2) is 12.6. The molecule has 232 valence electrons. The molecule has 2 aromatic heterocycles. The lowest BCUT2D eigenvalue weighted by atomic mass is 10.0. The van der Waals surface area contributed by atoms with E-state index in [-0.39, 0.29) is 49.1 Å². The van der Waals surface area contributed by atoms with Gasteiger partial charge in [0.2, 0.25) is 5.82 Å². The van der Waals surface area contributed by atoms with Gasteiger partial charge in [-0.2, -0.15) is 13.2 Å². The van der Waals surface area contributed by atoms with Crippen LogP contribution >= 0.6 is 0 Å². The maximum atomic E-state index is 13.9. The highest BCUT2D eigenvalue weighted by molar-refractivity contribution is 5.91. The number of carbonyl (C=O) groups is 2. The Morgan fingerprint density at radius 1 is 1.17 bits per heavy atom. The number of pyridine rings is 1. The average molecular weight is 601 g/mol. The molecule has 1 aliphatic heterocycles. The summed E-state index contributed by atoms with van der Waals surface area (Å²) >= 11 is 0. The van der Waals surface area contributed by atoms with Gasteiger partial charge in [-0.25, -0.2) is 23.4 Å². The number of amides is 1. The third-order valence-electron chi connectivity index (χ3n) is 7.27. The fraction of sp³-hybridized carbons (Fsp3) is 0.679. The van der Waals surface area contributed by atoms with Crippen molar-refractivity contribution in [3.63, 3.8) is 0 Å². The van der Waals surface area contributed by atoms with Crippen molar-refractivity contribution in [2.24, 2.45) is 0 Å². The summed E-state index contributed by atoms with van der Waals surface area (Å²) in [4.78, 5) is 35.5. The van der Waals surface area contributed by atoms with Crippen LogP contribution in [-0.2, 0) is 15.7 Å². The predicted molar refractivity (Wildman–Crippen MR) is 142 cm³/mol. The minimum absolute atomic E-state index is 0.165. The molecular weight excluding hydrogens is 563 g/mol. The van der Waals surface area contributed by atoms with Gasteiger partial charge in [-0.3, -0.25) is 14.5 Å². The van der Waals surface area contributed by atoms with Gasteiger partial charge < -0.3 is 10.1 Å². The molecule has 0 bridgehead atoms. The largest absolute Gasteiger partial charge is 0.460 e. The van der Waals surface area contributed by atoms with Crippen molar-refractivity contribution in [3.05, 3.63) is 35.7 Å². The molecule has 0 unspecified atom stereocenters. The Hall–Kier alpha value is -3.16. The van der Waals surface area contributed by atoms with Crippen molar-refractivity contribution in [2.75, 3.05) is 19.6 Å². The fourth-order valence-corrected chi connectivity index (χ4v) is 5.47. The number of ether oxygens (including phenoxy) is 1. The van der Waals surface area contributed by atoms with Crippen molar-refractivity contribution in [1.82, 2.24) is 30.0 Å². The van der Waals surface area contributed by atoms with Crippen LogP contribution in [-0.4, -0.2) is 73.7 Å². The van der Waals surface area contributed by atoms with Crippen LogP contribution in [0.4, 0.5) is 22.0 Å². The lowest BCUT2D eigenvalue weighted by Gasteiger charge is -2.33. The van der Waals surface area contributed by atoms with Crippen molar-refractivity contribution in [1.29, 1.82) is 0 Å². The zero-order valence-electron chi connectivity index (χ0n) is 24.0. The van der Waals surface area contributed by atoms with Crippen LogP contribution < -0.4 is 5.32 Å². The number of nitrogens with one attached hydrogen (secondary N) is 1. The molecule has 4 rings (SSSR count). The van der Waals surface area contributed by atoms with Crippen molar-refractivity contribution < 1.29 is 36.3 Å². The highest BCUT2D eigenvalue weighted by Gasteiger charge is 2.38. The Labute approximate surface area is 241 Å². The fourth-order valence-electron chi connectivity index (χ4n) is 5.47. The number of halogens is 5. The number of hydrogen-bond acceptors (Lipinski definition) is 7. The van der Waals surface area contributed by atoms with E-state index >= 15 is 0 Å². The maximum absolute atomic E-state index is 13.9. The summed E-state index contributed by atoms with van der Waals surface area (Å²) in [5.74, 6) is -4.51. The summed E-state index contributed by atoms with van der Waals surface area (Å²) in [6, 6.07) is 1.77. The van der Waals surface area contributed by atoms with E-state index in [0.717, 1.165) is 23.7 Å². The number of hydrogen-bond donors (Lipinski definition) is 1. The molecule has 1 amide bonds. The molecule has 2 aromatic rings. The Morgan fingerprint density at radius 3 is 2.52 bits per heavy atom. The number of carbonyl (C=O) groups excluding carboxylic acids is 2. The van der Waals surface area contributed by atoms with Gasteiger partial charge >= 0.3 is 12.1 Å². The minimum atomic E-state index is -4.76. The van der Waals surface area contributed by atoms with Crippen LogP contribution in [0.2, 0.25) is 0 Å². The van der Waals surface area contributed by atoms with Crippen molar-refractivity contribution >= 4 is 11.9 Å². The normalized spacial score (nSPS) is 19.0. The average Bonchev–Trinajstić information content (AvgIpc) is 3.55. The van der Waals surface area contributed by atoms with Crippen LogP contribution in [0.3, 0.4) is 0 Å². The molecule has 14 heteroatoms. The SMILES string of the molecule is CC(C)(C)OC(=O)C[C@H](CCN1CCCC(F)(F)C1)NC(=O)c1nc(C2CCCC2)n(-c2cccnc2C(F)(F)F)n1. The quantitative estimate of drug-likeness (QED) is 0.308. The van der Waals surface area contributed by atoms with E-state index in [9.17, 15) is 31.5 Å². The first kappa shape index (κ1) is 31.8. The molecule has 1 saturated carbocycles. The Balaban J connectivity index is 1.59. The van der Waals surface area contributed by atoms with Gasteiger partial charge in [-0.05, 0) is 65.1 Å². The molecule has 3 heterocycles. The van der Waals surface area contributed by atoms with Crippen LogP contribution in [0.25, 0.3) is 5.69 Å². The number of aromatic nitrogens is 4. The minimum Gasteiger partial charge on any atom is -0.460 e. The summed E-state index contributed by atoms with van der Waals surface area (Å²) in [6.45, 7) is 5.34. The van der Waals surface area contributed by atoms with Gasteiger partial charge in [0.1, 0.15) is 11.4 Å². The molecule has 9 nitrogen and oxygen atoms in total. The number of rotatable bonds is 9. The molecule has 1 N–H and O–H groups in total. The monoisotopic (exact) mass is 600 g/mol. The smallest absolute Gasteiger partial charge is 0.435 e. The lowest BCUT2D eigenvalue weighted by molar-refractivity contribution is -0.155. The Kier molecular flexibility index (Phi) is 9.53. The predicted octanol–water partition coefficient (Wildman–Crippen LogP) is 5.29. The van der Waals surface area contributed by atoms with E-state index in [1.54, 1.807) is 25.7 Å². The van der Waals surface area contributed by atoms with Gasteiger partial charge in [0, 0.05) is 31.1 Å². The first-order chi connectivity index (χ1) is 19.6. The summed E-state index contributed by atoms with van der Waals surface area (Å²) in [7, 11) is 0. The highest BCUT2D eigenvalue weighted by Crippen LogP contribution is 2.37. The van der Waals surface area contributed by atoms with E-state index in [1.165, 1.54) is 12.1 Å². The first-order valence-electron chi connectivity index (χ1n) is 14.2. The van der Waals surface area contributed by atoms with Crippen LogP contribution in [0.5, 0.6) is 0 Å². The van der Waals surface area contributed by atoms with Gasteiger partial charge in [0.25, 0.3) is 11.8 Å². The molecule has 0 aromatic carbocycles. The summed E-state index contributed by atoms with van der Waals surface area (Å²) < 4.78 is 75.7. The lowest BCUT2D eigenvalue weighted by Crippen LogP contribution is -2.45. The summed E-state index contributed by atoms with van der Waals surface area (Å²) in [6.07, 6.45) is -0.554. The molecule has 2 aliphatic rings. The number of nitrogens with zero attached hydrogens (tertiary/aromatic N) is 5. The maximum Gasteiger partial charge on any atom is 0.435 e. The Bertz CT molecular complexity index is 1250. The van der Waals surface area contributed by atoms with Crippen molar-refractivity contribution in [3.8, 4) is 5.69 Å². The topological polar surface area (TPSA) is 102 Å². The standard InChI is InChI=1S/C28H37F5N6O3/c1-26(2,3)42-21(40)16-19(11-15-38-14-7-12-27(29,30)17-38)35-25(41)23-36-24(18-8-4-5-9-18)39(37-23)20-10-6-13-34-22(20)28(31,32)33/h6,10,13,18-19H,4-5,7-9,11-12,14-17H2,1-3H3,(H,35,41)/t19-/m0/s1. The second-order valence-electron chi connectivity index (χ2n) is 12.0. The van der Waals surface area contributed by atoms with Crippen LogP contribution in [0, 0.1) is 0 Å². The molecule has 1 atom stereocenters. The number of alkyl halides is 5. The zero-order valence-corrected chi connectivity index (χ0v) is 24.0. The number of esters is 1. The van der Waals surface area contributed by atoms with E-state index in [2.05, 4.69) is 20.4 Å². The molecule has 2 fully saturated rings. The zero-order chi connectivity index (χ0) is 30.7. The summed E-state index contributed by atoms with van der Waals surface area (Å²) in [5.41, 5.74) is -2.27. The van der Waals surface area contributed by atoms with Gasteiger partial charge in [-0.1, -0.05) is 12.8 Å². The van der Waals surface area contributed by atoms with Crippen LogP contribution in [0.1, 0.15) is 100 Å². The van der Waals surface area contributed by atoms with Gasteiger partial charge in [0.15, 0.2) is 5.69 Å². The second-order valence-corrected chi connectivity index (χ2v) is 12.0. The highest BCUT2D eigenvalue weighted by atomic mass is 19.4. The molecule has 0 spiro atoms. The van der Waals surface area contributed by atoms with Crippen LogP contribution in [0.15, 0.2) is 18.3 Å². The molecule has 1 aliphatic carbocycles. The van der Waals surface area contributed by atoms with E-state index < -0.39 is 47.9 Å².